The van der Waals surface area contributed by atoms with Gasteiger partial charge in [0.05, 0.1) is 5.92 Å². The monoisotopic (exact) mass is 353 g/mol. The van der Waals surface area contributed by atoms with Crippen LogP contribution in [0.15, 0.2) is 36.5 Å². The highest BCUT2D eigenvalue weighted by atomic mass is 16.2. The summed E-state index contributed by atoms with van der Waals surface area (Å²) in [5.74, 6) is 0.379. The number of benzene rings is 1. The fourth-order valence-electron chi connectivity index (χ4n) is 3.08. The van der Waals surface area contributed by atoms with Crippen LogP contribution in [0, 0.1) is 12.8 Å². The van der Waals surface area contributed by atoms with Crippen molar-refractivity contribution in [1.29, 1.82) is 0 Å². The van der Waals surface area contributed by atoms with Crippen molar-refractivity contribution in [2.75, 3.05) is 28.6 Å². The van der Waals surface area contributed by atoms with Crippen molar-refractivity contribution >= 4 is 29.1 Å². The van der Waals surface area contributed by atoms with E-state index in [9.17, 15) is 9.59 Å². The molecule has 0 aliphatic carbocycles. The number of nitrogens with zero attached hydrogens (tertiary/aromatic N) is 3. The Labute approximate surface area is 152 Å². The van der Waals surface area contributed by atoms with Gasteiger partial charge in [-0.3, -0.25) is 9.59 Å². The van der Waals surface area contributed by atoms with Gasteiger partial charge in [0.1, 0.15) is 0 Å². The average molecular weight is 353 g/mol. The van der Waals surface area contributed by atoms with Crippen LogP contribution in [0.3, 0.4) is 0 Å². The second-order valence-electron chi connectivity index (χ2n) is 6.53. The van der Waals surface area contributed by atoms with E-state index in [1.807, 2.05) is 19.1 Å². The molecule has 1 aromatic heterocycles. The summed E-state index contributed by atoms with van der Waals surface area (Å²) in [5.41, 5.74) is 2.25. The molecule has 3 rings (SSSR count). The number of carbonyl (C=O) groups is 2. The first kappa shape index (κ1) is 17.8. The number of hydrogen-bond acceptors (Lipinski definition) is 5. The molecule has 1 saturated heterocycles. The largest absolute Gasteiger partial charge is 0.340 e. The van der Waals surface area contributed by atoms with Crippen LogP contribution in [0.25, 0.3) is 0 Å². The Morgan fingerprint density at radius 2 is 1.96 bits per heavy atom. The lowest BCUT2D eigenvalue weighted by Crippen LogP contribution is -2.41. The third-order valence-corrected chi connectivity index (χ3v) is 4.31. The zero-order chi connectivity index (χ0) is 18.5. The predicted octanol–water partition coefficient (Wildman–Crippen LogP) is 2.60. The van der Waals surface area contributed by atoms with Crippen LogP contribution < -0.4 is 15.5 Å². The quantitative estimate of drug-likeness (QED) is 0.882. The highest BCUT2D eigenvalue weighted by molar-refractivity contribution is 5.94. The van der Waals surface area contributed by atoms with Crippen LogP contribution in [-0.4, -0.2) is 34.9 Å². The van der Waals surface area contributed by atoms with E-state index in [0.717, 1.165) is 25.1 Å². The minimum absolute atomic E-state index is 0.0256. The summed E-state index contributed by atoms with van der Waals surface area (Å²) in [6.45, 7) is 4.84. The maximum absolute atomic E-state index is 12.7. The van der Waals surface area contributed by atoms with Crippen LogP contribution >= 0.6 is 0 Å². The molecule has 2 amide bonds. The number of aromatic nitrogens is 2. The lowest BCUT2D eigenvalue weighted by molar-refractivity contribution is -0.120. The van der Waals surface area contributed by atoms with E-state index in [-0.39, 0.29) is 17.7 Å². The summed E-state index contributed by atoms with van der Waals surface area (Å²) >= 11 is 0. The smallest absolute Gasteiger partial charge is 0.229 e. The molecule has 0 radical (unpaired) electrons. The van der Waals surface area contributed by atoms with E-state index in [2.05, 4.69) is 25.5 Å². The molecule has 1 aliphatic heterocycles. The number of hydrogen-bond donors (Lipinski definition) is 2. The molecule has 1 aliphatic rings. The molecule has 7 nitrogen and oxygen atoms in total. The molecule has 2 aromatic rings. The number of anilines is 3. The van der Waals surface area contributed by atoms with Gasteiger partial charge < -0.3 is 15.5 Å². The summed E-state index contributed by atoms with van der Waals surface area (Å²) in [6.07, 6.45) is 3.50. The number of aryl methyl sites for hydroxylation is 1. The molecule has 0 bridgehead atoms. The van der Waals surface area contributed by atoms with Gasteiger partial charge in [0.2, 0.25) is 17.8 Å². The number of piperidine rings is 1. The summed E-state index contributed by atoms with van der Waals surface area (Å²) in [6, 6.07) is 9.01. The number of carbonyl (C=O) groups excluding carboxylic acids is 2. The second kappa shape index (κ2) is 7.95. The van der Waals surface area contributed by atoms with Gasteiger partial charge >= 0.3 is 0 Å². The first-order chi connectivity index (χ1) is 12.5. The van der Waals surface area contributed by atoms with E-state index in [1.165, 1.54) is 6.92 Å². The minimum Gasteiger partial charge on any atom is -0.340 e. The molecular formula is C19H23N5O2. The first-order valence-electron chi connectivity index (χ1n) is 8.74. The zero-order valence-corrected chi connectivity index (χ0v) is 15.0. The SMILES string of the molecule is CC(=O)Nc1cccc(NC(=O)[C@@H]2CCCN(c3nccc(C)n3)C2)c1. The van der Waals surface area contributed by atoms with E-state index < -0.39 is 0 Å². The molecule has 2 N–H and O–H groups in total. The molecule has 0 unspecified atom stereocenters. The zero-order valence-electron chi connectivity index (χ0n) is 15.0. The van der Waals surface area contributed by atoms with Gasteiger partial charge in [-0.15, -0.1) is 0 Å². The topological polar surface area (TPSA) is 87.2 Å². The van der Waals surface area contributed by atoms with Crippen LogP contribution in [-0.2, 0) is 9.59 Å². The Kier molecular flexibility index (Phi) is 5.46. The Morgan fingerprint density at radius 3 is 2.69 bits per heavy atom. The van der Waals surface area contributed by atoms with Gasteiger partial charge in [-0.1, -0.05) is 6.07 Å². The summed E-state index contributed by atoms with van der Waals surface area (Å²) < 4.78 is 0. The van der Waals surface area contributed by atoms with Crippen molar-refractivity contribution in [2.24, 2.45) is 5.92 Å². The summed E-state index contributed by atoms with van der Waals surface area (Å²) in [4.78, 5) is 34.7. The maximum atomic E-state index is 12.7. The van der Waals surface area contributed by atoms with Crippen LogP contribution in [0.5, 0.6) is 0 Å². The van der Waals surface area contributed by atoms with Crippen LogP contribution in [0.2, 0.25) is 0 Å². The van der Waals surface area contributed by atoms with Crippen LogP contribution in [0.1, 0.15) is 25.5 Å². The third kappa shape index (κ3) is 4.56. The van der Waals surface area contributed by atoms with Crippen molar-refractivity contribution in [3.63, 3.8) is 0 Å². The molecule has 7 heteroatoms. The Hall–Kier alpha value is -2.96. The molecule has 26 heavy (non-hydrogen) atoms. The van der Waals surface area contributed by atoms with Crippen LogP contribution in [0.4, 0.5) is 17.3 Å². The van der Waals surface area contributed by atoms with Crippen molar-refractivity contribution in [3.05, 3.63) is 42.2 Å². The molecule has 1 atom stereocenters. The number of rotatable bonds is 4. The molecule has 1 aromatic carbocycles. The van der Waals surface area contributed by atoms with E-state index in [0.29, 0.717) is 23.9 Å². The van der Waals surface area contributed by atoms with Crippen molar-refractivity contribution < 1.29 is 9.59 Å². The van der Waals surface area contributed by atoms with E-state index >= 15 is 0 Å². The van der Waals surface area contributed by atoms with Crippen molar-refractivity contribution in [1.82, 2.24) is 9.97 Å². The summed E-state index contributed by atoms with van der Waals surface area (Å²) in [7, 11) is 0. The molecule has 0 spiro atoms. The molecular weight excluding hydrogens is 330 g/mol. The normalized spacial score (nSPS) is 16.8. The van der Waals surface area contributed by atoms with Gasteiger partial charge in [-0.2, -0.15) is 0 Å². The Bertz CT molecular complexity index is 808. The Balaban J connectivity index is 1.65. The Morgan fingerprint density at radius 1 is 1.19 bits per heavy atom. The van der Waals surface area contributed by atoms with Gasteiger partial charge in [0.25, 0.3) is 0 Å². The maximum Gasteiger partial charge on any atom is 0.229 e. The number of nitrogens with one attached hydrogen (secondary N) is 2. The molecule has 136 valence electrons. The van der Waals surface area contributed by atoms with E-state index in [1.54, 1.807) is 24.4 Å². The average Bonchev–Trinajstić information content (AvgIpc) is 2.61. The third-order valence-electron chi connectivity index (χ3n) is 4.31. The molecule has 2 heterocycles. The van der Waals surface area contributed by atoms with E-state index in [4.69, 9.17) is 0 Å². The highest BCUT2D eigenvalue weighted by Crippen LogP contribution is 2.23. The summed E-state index contributed by atoms with van der Waals surface area (Å²) in [5, 5.41) is 5.67. The predicted molar refractivity (Wildman–Crippen MR) is 101 cm³/mol. The number of amides is 2. The highest BCUT2D eigenvalue weighted by Gasteiger charge is 2.27. The van der Waals surface area contributed by atoms with Crippen molar-refractivity contribution in [2.45, 2.75) is 26.7 Å². The molecule has 1 fully saturated rings. The molecule has 0 saturated carbocycles. The van der Waals surface area contributed by atoms with Gasteiger partial charge in [-0.05, 0) is 44.0 Å². The standard InChI is InChI=1S/C19H23N5O2/c1-13-8-9-20-19(21-13)24-10-4-5-15(12-24)18(26)23-17-7-3-6-16(11-17)22-14(2)25/h3,6-9,11,15H,4-5,10,12H2,1-2H3,(H,22,25)(H,23,26)/t15-/m1/s1. The van der Waals surface area contributed by atoms with Gasteiger partial charge in [-0.25, -0.2) is 9.97 Å². The van der Waals surface area contributed by atoms with Gasteiger partial charge in [0, 0.05) is 43.3 Å². The lowest BCUT2D eigenvalue weighted by atomic mass is 9.97. The first-order valence-corrected chi connectivity index (χ1v) is 8.74. The second-order valence-corrected chi connectivity index (χ2v) is 6.53. The lowest BCUT2D eigenvalue weighted by Gasteiger charge is -2.32. The fourth-order valence-corrected chi connectivity index (χ4v) is 3.08. The van der Waals surface area contributed by atoms with Crippen molar-refractivity contribution in [3.8, 4) is 0 Å². The fraction of sp³-hybridized carbons (Fsp3) is 0.368. The van der Waals surface area contributed by atoms with Gasteiger partial charge in [0.15, 0.2) is 0 Å². The minimum atomic E-state index is -0.144.